The molecule has 4 aliphatic heterocycles. The minimum atomic E-state index is 0.924. The van der Waals surface area contributed by atoms with Gasteiger partial charge in [0.2, 0.25) is 0 Å². The molecular formula is C51H106N4O. The summed E-state index contributed by atoms with van der Waals surface area (Å²) < 4.78 is 5.16. The average molecular weight is 791 g/mol. The summed E-state index contributed by atoms with van der Waals surface area (Å²) in [5.74, 6) is 3.26. The molecule has 0 aromatic carbocycles. The first-order chi connectivity index (χ1) is 27.5. The summed E-state index contributed by atoms with van der Waals surface area (Å²) in [7, 11) is 0. The summed E-state index contributed by atoms with van der Waals surface area (Å²) in [6.45, 7) is 32.9. The van der Waals surface area contributed by atoms with E-state index in [2.05, 4.69) is 68.1 Å². The first-order valence-electron chi connectivity index (χ1n) is 26.0. The average Bonchev–Trinajstić information content (AvgIpc) is 3.32. The maximum atomic E-state index is 5.16. The van der Waals surface area contributed by atoms with Crippen molar-refractivity contribution in [2.45, 2.75) is 222 Å². The lowest BCUT2D eigenvalue weighted by Gasteiger charge is -2.24. The van der Waals surface area contributed by atoms with Gasteiger partial charge in [-0.3, -0.25) is 4.90 Å². The van der Waals surface area contributed by atoms with E-state index in [9.17, 15) is 0 Å². The van der Waals surface area contributed by atoms with Crippen molar-refractivity contribution in [3.8, 4) is 0 Å². The van der Waals surface area contributed by atoms with Crippen LogP contribution < -0.4 is 0 Å². The van der Waals surface area contributed by atoms with Crippen LogP contribution in [0.3, 0.4) is 0 Å². The van der Waals surface area contributed by atoms with Crippen LogP contribution in [0.2, 0.25) is 0 Å². The van der Waals surface area contributed by atoms with E-state index in [0.717, 1.165) is 44.1 Å². The second-order valence-electron chi connectivity index (χ2n) is 18.3. The standard InChI is InChI=1S/3C8H16.3C7H15N.C6H13NO/c6*1-2-8-6-4-3-5-7-8;1-2-7-3-5-8-6-4-7/h3*8H,2-7H2,1H3;3*2-7H2,1H3;2-6H2,1H3. The number of likely N-dealkylation sites (tertiary alicyclic amines) is 3. The van der Waals surface area contributed by atoms with E-state index in [-0.39, 0.29) is 0 Å². The highest BCUT2D eigenvalue weighted by molar-refractivity contribution is 4.66. The van der Waals surface area contributed by atoms with Crippen molar-refractivity contribution in [3.05, 3.63) is 0 Å². The van der Waals surface area contributed by atoms with Crippen molar-refractivity contribution in [2.24, 2.45) is 17.8 Å². The van der Waals surface area contributed by atoms with Gasteiger partial charge in [0.05, 0.1) is 13.2 Å². The van der Waals surface area contributed by atoms with Gasteiger partial charge < -0.3 is 19.4 Å². The quantitative estimate of drug-likeness (QED) is 0.255. The van der Waals surface area contributed by atoms with Crippen LogP contribution in [0.1, 0.15) is 222 Å². The van der Waals surface area contributed by atoms with Crippen LogP contribution in [-0.2, 0) is 4.74 Å². The van der Waals surface area contributed by atoms with Crippen molar-refractivity contribution in [1.82, 2.24) is 19.6 Å². The van der Waals surface area contributed by atoms with Gasteiger partial charge in [0.25, 0.3) is 0 Å². The molecule has 5 nitrogen and oxygen atoms in total. The highest BCUT2D eigenvalue weighted by Gasteiger charge is 2.12. The molecule has 3 aliphatic carbocycles. The fraction of sp³-hybridized carbons (Fsp3) is 1.00. The molecule has 0 atom stereocenters. The number of hydrogen-bond donors (Lipinski definition) is 0. The summed E-state index contributed by atoms with van der Waals surface area (Å²) in [6, 6.07) is 0. The smallest absolute Gasteiger partial charge is 0.0594 e. The Morgan fingerprint density at radius 1 is 0.286 bits per heavy atom. The van der Waals surface area contributed by atoms with Gasteiger partial charge in [0, 0.05) is 13.1 Å². The zero-order valence-corrected chi connectivity index (χ0v) is 39.9. The third-order valence-corrected chi connectivity index (χ3v) is 14.1. The van der Waals surface area contributed by atoms with E-state index in [1.807, 2.05) is 0 Å². The van der Waals surface area contributed by atoms with Crippen molar-refractivity contribution in [2.75, 3.05) is 91.8 Å². The maximum absolute atomic E-state index is 5.16. The molecule has 4 heterocycles. The minimum absolute atomic E-state index is 0.924. The predicted octanol–water partition coefficient (Wildman–Crippen LogP) is 13.7. The van der Waals surface area contributed by atoms with E-state index < -0.39 is 0 Å². The van der Waals surface area contributed by atoms with Gasteiger partial charge in [0.15, 0.2) is 0 Å². The molecule has 7 fully saturated rings. The molecule has 5 heteroatoms. The predicted molar refractivity (Wildman–Crippen MR) is 251 cm³/mol. The molecule has 7 aliphatic rings. The fourth-order valence-electron chi connectivity index (χ4n) is 9.53. The first-order valence-corrected chi connectivity index (χ1v) is 26.0. The Labute approximate surface area is 354 Å². The van der Waals surface area contributed by atoms with Crippen LogP contribution >= 0.6 is 0 Å². The molecule has 0 amide bonds. The van der Waals surface area contributed by atoms with Gasteiger partial charge in [0.1, 0.15) is 0 Å². The molecular weight excluding hydrogens is 685 g/mol. The monoisotopic (exact) mass is 791 g/mol. The van der Waals surface area contributed by atoms with Crippen LogP contribution in [-0.4, -0.2) is 111 Å². The molecule has 0 aromatic rings. The highest BCUT2D eigenvalue weighted by atomic mass is 16.5. The van der Waals surface area contributed by atoms with Gasteiger partial charge in [-0.15, -0.1) is 0 Å². The lowest BCUT2D eigenvalue weighted by atomic mass is 9.88. The van der Waals surface area contributed by atoms with Gasteiger partial charge in [-0.1, -0.05) is 183 Å². The van der Waals surface area contributed by atoms with Gasteiger partial charge in [-0.05, 0) is 122 Å². The summed E-state index contributed by atoms with van der Waals surface area (Å²) in [6.07, 6.45) is 39.7. The summed E-state index contributed by atoms with van der Waals surface area (Å²) in [5, 5.41) is 0. The second-order valence-corrected chi connectivity index (χ2v) is 18.3. The van der Waals surface area contributed by atoms with Crippen LogP contribution in [0.25, 0.3) is 0 Å². The van der Waals surface area contributed by atoms with Crippen molar-refractivity contribution in [1.29, 1.82) is 0 Å². The van der Waals surface area contributed by atoms with Crippen molar-refractivity contribution < 1.29 is 4.74 Å². The van der Waals surface area contributed by atoms with E-state index in [0.29, 0.717) is 0 Å². The van der Waals surface area contributed by atoms with Crippen molar-refractivity contribution in [3.63, 3.8) is 0 Å². The Balaban J connectivity index is 0.000000327. The van der Waals surface area contributed by atoms with Gasteiger partial charge in [-0.25, -0.2) is 0 Å². The number of likely N-dealkylation sites (N-methyl/N-ethyl adjacent to an activating group) is 1. The molecule has 0 aromatic heterocycles. The molecule has 4 saturated heterocycles. The molecule has 7 rings (SSSR count). The number of morpholine rings is 1. The van der Waals surface area contributed by atoms with E-state index in [4.69, 9.17) is 4.74 Å². The van der Waals surface area contributed by atoms with Crippen molar-refractivity contribution >= 4 is 0 Å². The van der Waals surface area contributed by atoms with Crippen LogP contribution in [0, 0.1) is 17.8 Å². The van der Waals surface area contributed by atoms with Gasteiger partial charge in [-0.2, -0.15) is 0 Å². The Hall–Kier alpha value is -0.200. The lowest BCUT2D eigenvalue weighted by molar-refractivity contribution is 0.0405. The second kappa shape index (κ2) is 40.2. The molecule has 56 heavy (non-hydrogen) atoms. The number of nitrogens with zero attached hydrogens (tertiary/aromatic N) is 4. The molecule has 0 radical (unpaired) electrons. The van der Waals surface area contributed by atoms with E-state index >= 15 is 0 Å². The Kier molecular flexibility index (Phi) is 38.7. The van der Waals surface area contributed by atoms with Gasteiger partial charge >= 0.3 is 0 Å². The Bertz CT molecular complexity index is 562. The Morgan fingerprint density at radius 3 is 0.661 bits per heavy atom. The van der Waals surface area contributed by atoms with Crippen LogP contribution in [0.5, 0.6) is 0 Å². The molecule has 0 N–H and O–H groups in total. The zero-order chi connectivity index (χ0) is 40.7. The third-order valence-electron chi connectivity index (χ3n) is 14.1. The Morgan fingerprint density at radius 2 is 0.500 bits per heavy atom. The number of ether oxygens (including phenoxy) is 1. The normalized spacial score (nSPS) is 23.6. The topological polar surface area (TPSA) is 22.2 Å². The SMILES string of the molecule is CCC1CCCCC1.CCC1CCCCC1.CCC1CCCCC1.CCN1CCCCC1.CCN1CCCCC1.CCN1CCCCC1.CCN1CCOCC1. The fourth-order valence-corrected chi connectivity index (χ4v) is 9.53. The largest absolute Gasteiger partial charge is 0.379 e. The molecule has 0 bridgehead atoms. The number of hydrogen-bond acceptors (Lipinski definition) is 5. The van der Waals surface area contributed by atoms with E-state index in [1.165, 1.54) is 239 Å². The number of rotatable bonds is 7. The lowest BCUT2D eigenvalue weighted by Crippen LogP contribution is -2.35. The third kappa shape index (κ3) is 30.8. The summed E-state index contributed by atoms with van der Waals surface area (Å²) >= 11 is 0. The van der Waals surface area contributed by atoms with Crippen LogP contribution in [0.4, 0.5) is 0 Å². The zero-order valence-electron chi connectivity index (χ0n) is 39.9. The minimum Gasteiger partial charge on any atom is -0.379 e. The molecule has 3 saturated carbocycles. The number of piperidine rings is 3. The summed E-state index contributed by atoms with van der Waals surface area (Å²) in [5.41, 5.74) is 0. The summed E-state index contributed by atoms with van der Waals surface area (Å²) in [4.78, 5) is 9.94. The molecule has 0 unspecified atom stereocenters. The molecule has 0 spiro atoms. The van der Waals surface area contributed by atoms with Crippen LogP contribution in [0.15, 0.2) is 0 Å². The highest BCUT2D eigenvalue weighted by Crippen LogP contribution is 2.27. The van der Waals surface area contributed by atoms with E-state index in [1.54, 1.807) is 0 Å². The first kappa shape index (κ1) is 53.8. The molecule has 336 valence electrons. The maximum Gasteiger partial charge on any atom is 0.0594 e.